The molecule has 0 aromatic heterocycles. The van der Waals surface area contributed by atoms with Gasteiger partial charge in [-0.05, 0) is 18.6 Å². The molecular formula is C12H12N2O3S. The van der Waals surface area contributed by atoms with Crippen LogP contribution < -0.4 is 5.32 Å². The maximum absolute atomic E-state index is 11.9. The highest BCUT2D eigenvalue weighted by atomic mass is 32.2. The van der Waals surface area contributed by atoms with Gasteiger partial charge in [0.05, 0.1) is 28.7 Å². The molecule has 0 aliphatic carbocycles. The highest BCUT2D eigenvalue weighted by Gasteiger charge is 2.33. The maximum atomic E-state index is 11.9. The summed E-state index contributed by atoms with van der Waals surface area (Å²) < 4.78 is 22.6. The molecule has 94 valence electrons. The van der Waals surface area contributed by atoms with Crippen molar-refractivity contribution in [3.63, 3.8) is 0 Å². The largest absolute Gasteiger partial charge is 0.325 e. The van der Waals surface area contributed by atoms with Crippen LogP contribution in [0.5, 0.6) is 0 Å². The van der Waals surface area contributed by atoms with Crippen molar-refractivity contribution in [1.29, 1.82) is 5.26 Å². The molecule has 1 aliphatic rings. The van der Waals surface area contributed by atoms with Crippen LogP contribution in [0.3, 0.4) is 0 Å². The van der Waals surface area contributed by atoms with Crippen LogP contribution in [0, 0.1) is 17.2 Å². The Morgan fingerprint density at radius 1 is 1.39 bits per heavy atom. The number of para-hydroxylation sites is 1. The van der Waals surface area contributed by atoms with Crippen molar-refractivity contribution in [1.82, 2.24) is 0 Å². The Morgan fingerprint density at radius 2 is 2.11 bits per heavy atom. The third-order valence-corrected chi connectivity index (χ3v) is 4.68. The summed E-state index contributed by atoms with van der Waals surface area (Å²) in [4.78, 5) is 11.9. The van der Waals surface area contributed by atoms with Gasteiger partial charge in [0, 0.05) is 0 Å². The molecule has 6 heteroatoms. The number of sulfone groups is 1. The summed E-state index contributed by atoms with van der Waals surface area (Å²) in [5.74, 6) is -0.890. The van der Waals surface area contributed by atoms with E-state index in [0.717, 1.165) is 0 Å². The van der Waals surface area contributed by atoms with Crippen molar-refractivity contribution >= 4 is 21.4 Å². The van der Waals surface area contributed by atoms with E-state index in [1.165, 1.54) is 0 Å². The molecule has 0 radical (unpaired) electrons. The highest BCUT2D eigenvalue weighted by molar-refractivity contribution is 7.91. The number of hydrogen-bond acceptors (Lipinski definition) is 4. The van der Waals surface area contributed by atoms with Crippen LogP contribution in [0.15, 0.2) is 24.3 Å². The summed E-state index contributed by atoms with van der Waals surface area (Å²) in [5, 5.41) is 11.5. The van der Waals surface area contributed by atoms with E-state index in [2.05, 4.69) is 5.32 Å². The quantitative estimate of drug-likeness (QED) is 0.860. The van der Waals surface area contributed by atoms with Crippen molar-refractivity contribution in [3.05, 3.63) is 29.8 Å². The Bertz CT molecular complexity index is 616. The Balaban J connectivity index is 2.11. The normalized spacial score (nSPS) is 21.2. The van der Waals surface area contributed by atoms with Crippen molar-refractivity contribution in [2.75, 3.05) is 16.8 Å². The summed E-state index contributed by atoms with van der Waals surface area (Å²) in [7, 11) is -3.07. The molecule has 1 aliphatic heterocycles. The number of benzene rings is 1. The van der Waals surface area contributed by atoms with Crippen molar-refractivity contribution in [2.24, 2.45) is 5.92 Å². The molecule has 0 spiro atoms. The van der Waals surface area contributed by atoms with E-state index in [0.29, 0.717) is 17.7 Å². The topological polar surface area (TPSA) is 87.0 Å². The molecule has 1 saturated heterocycles. The molecule has 18 heavy (non-hydrogen) atoms. The monoisotopic (exact) mass is 264 g/mol. The number of nitrogens with zero attached hydrogens (tertiary/aromatic N) is 1. The Kier molecular flexibility index (Phi) is 3.34. The van der Waals surface area contributed by atoms with Gasteiger partial charge in [0.25, 0.3) is 0 Å². The first-order valence-corrected chi connectivity index (χ1v) is 7.34. The van der Waals surface area contributed by atoms with E-state index in [-0.39, 0.29) is 17.4 Å². The fourth-order valence-electron chi connectivity index (χ4n) is 1.93. The molecule has 1 unspecified atom stereocenters. The molecule has 1 aromatic rings. The summed E-state index contributed by atoms with van der Waals surface area (Å²) in [5.41, 5.74) is 0.793. The van der Waals surface area contributed by atoms with E-state index < -0.39 is 15.8 Å². The molecule has 1 heterocycles. The number of rotatable bonds is 2. The number of carbonyl (C=O) groups is 1. The van der Waals surface area contributed by atoms with Crippen LogP contribution in [0.1, 0.15) is 12.0 Å². The van der Waals surface area contributed by atoms with Gasteiger partial charge in [-0.2, -0.15) is 5.26 Å². The average Bonchev–Trinajstić information content (AvgIpc) is 2.70. The zero-order valence-electron chi connectivity index (χ0n) is 9.59. The minimum Gasteiger partial charge on any atom is -0.325 e. The van der Waals surface area contributed by atoms with E-state index >= 15 is 0 Å². The molecule has 1 amide bonds. The predicted octanol–water partition coefficient (Wildman–Crippen LogP) is 0.931. The number of nitrogens with one attached hydrogen (secondary N) is 1. The van der Waals surface area contributed by atoms with Gasteiger partial charge in [0.1, 0.15) is 6.07 Å². The average molecular weight is 264 g/mol. The zero-order valence-corrected chi connectivity index (χ0v) is 10.4. The van der Waals surface area contributed by atoms with Crippen molar-refractivity contribution < 1.29 is 13.2 Å². The fraction of sp³-hybridized carbons (Fsp3) is 0.333. The lowest BCUT2D eigenvalue weighted by Crippen LogP contribution is -2.24. The van der Waals surface area contributed by atoms with Crippen LogP contribution in [0.4, 0.5) is 5.69 Å². The number of anilines is 1. The molecule has 1 atom stereocenters. The van der Waals surface area contributed by atoms with Gasteiger partial charge in [-0.25, -0.2) is 8.42 Å². The SMILES string of the molecule is N#Cc1ccccc1NC(=O)C1CCS(=O)(=O)C1. The first-order chi connectivity index (χ1) is 8.52. The number of amides is 1. The Labute approximate surface area is 105 Å². The first-order valence-electron chi connectivity index (χ1n) is 5.52. The number of hydrogen-bond donors (Lipinski definition) is 1. The third kappa shape index (κ3) is 2.68. The summed E-state index contributed by atoms with van der Waals surface area (Å²) in [6.07, 6.45) is 0.350. The van der Waals surface area contributed by atoms with Gasteiger partial charge in [-0.3, -0.25) is 4.79 Å². The van der Waals surface area contributed by atoms with Crippen LogP contribution >= 0.6 is 0 Å². The Hall–Kier alpha value is -1.87. The molecule has 2 rings (SSSR count). The lowest BCUT2D eigenvalue weighted by Gasteiger charge is -2.10. The van der Waals surface area contributed by atoms with Gasteiger partial charge < -0.3 is 5.32 Å². The molecular weight excluding hydrogens is 252 g/mol. The molecule has 5 nitrogen and oxygen atoms in total. The van der Waals surface area contributed by atoms with Crippen LogP contribution in [0.25, 0.3) is 0 Å². The van der Waals surface area contributed by atoms with E-state index in [9.17, 15) is 13.2 Å². The number of carbonyl (C=O) groups excluding carboxylic acids is 1. The van der Waals surface area contributed by atoms with Crippen LogP contribution in [-0.4, -0.2) is 25.8 Å². The lowest BCUT2D eigenvalue weighted by molar-refractivity contribution is -0.119. The standard InChI is InChI=1S/C12H12N2O3S/c13-7-9-3-1-2-4-11(9)14-12(15)10-5-6-18(16,17)8-10/h1-4,10H,5-6,8H2,(H,14,15). The van der Waals surface area contributed by atoms with Crippen LogP contribution in [0.2, 0.25) is 0 Å². The van der Waals surface area contributed by atoms with Gasteiger partial charge in [-0.15, -0.1) is 0 Å². The zero-order chi connectivity index (χ0) is 13.2. The minimum absolute atomic E-state index is 0.0605. The fourth-order valence-corrected chi connectivity index (χ4v) is 3.67. The summed E-state index contributed by atoms with van der Waals surface area (Å²) in [6.45, 7) is 0. The third-order valence-electron chi connectivity index (χ3n) is 2.91. The van der Waals surface area contributed by atoms with Crippen molar-refractivity contribution in [2.45, 2.75) is 6.42 Å². The second kappa shape index (κ2) is 4.78. The van der Waals surface area contributed by atoms with E-state index in [4.69, 9.17) is 5.26 Å². The van der Waals surface area contributed by atoms with Gasteiger partial charge in [0.2, 0.25) is 5.91 Å². The molecule has 0 bridgehead atoms. The maximum Gasteiger partial charge on any atom is 0.228 e. The number of nitriles is 1. The minimum atomic E-state index is -3.07. The molecule has 1 aromatic carbocycles. The van der Waals surface area contributed by atoms with Crippen LogP contribution in [-0.2, 0) is 14.6 Å². The van der Waals surface area contributed by atoms with Gasteiger partial charge in [0.15, 0.2) is 9.84 Å². The van der Waals surface area contributed by atoms with E-state index in [1.54, 1.807) is 24.3 Å². The van der Waals surface area contributed by atoms with E-state index in [1.807, 2.05) is 6.07 Å². The van der Waals surface area contributed by atoms with Gasteiger partial charge >= 0.3 is 0 Å². The molecule has 1 fully saturated rings. The van der Waals surface area contributed by atoms with Crippen molar-refractivity contribution in [3.8, 4) is 6.07 Å². The highest BCUT2D eigenvalue weighted by Crippen LogP contribution is 2.21. The summed E-state index contributed by atoms with van der Waals surface area (Å²) in [6, 6.07) is 8.61. The molecule has 1 N–H and O–H groups in total. The molecule has 0 saturated carbocycles. The predicted molar refractivity (Wildman–Crippen MR) is 66.5 cm³/mol. The lowest BCUT2D eigenvalue weighted by atomic mass is 10.1. The second-order valence-electron chi connectivity index (χ2n) is 4.25. The summed E-state index contributed by atoms with van der Waals surface area (Å²) >= 11 is 0. The van der Waals surface area contributed by atoms with Gasteiger partial charge in [-0.1, -0.05) is 12.1 Å². The smallest absolute Gasteiger partial charge is 0.228 e. The first kappa shape index (κ1) is 12.6. The second-order valence-corrected chi connectivity index (χ2v) is 6.48. The Morgan fingerprint density at radius 3 is 2.72 bits per heavy atom.